The van der Waals surface area contributed by atoms with Crippen LogP contribution >= 0.6 is 0 Å². The largest absolute Gasteiger partial charge is 0.303 e. The Hall–Kier alpha value is -2.67. The molecule has 0 radical (unpaired) electrons. The summed E-state index contributed by atoms with van der Waals surface area (Å²) >= 11 is 0. The van der Waals surface area contributed by atoms with Crippen molar-refractivity contribution in [2.45, 2.75) is 13.3 Å². The van der Waals surface area contributed by atoms with Gasteiger partial charge in [0.05, 0.1) is 0 Å². The lowest BCUT2D eigenvalue weighted by atomic mass is 10.00. The minimum absolute atomic E-state index is 0.639. The molecular formula is C21H18O. The highest BCUT2D eigenvalue weighted by molar-refractivity contribution is 6.04. The molecule has 0 bridgehead atoms. The molecule has 0 atom stereocenters. The summed E-state index contributed by atoms with van der Waals surface area (Å²) < 4.78 is 0. The predicted molar refractivity (Wildman–Crippen MR) is 95.3 cm³/mol. The van der Waals surface area contributed by atoms with Gasteiger partial charge >= 0.3 is 0 Å². The standard InChI is InChI=1S/C18H12.C3H6O/c1-2-6-14-10-18-12-16-8-4-3-7-15(16)11-17(18)9-13(14)5-1;1-2-3-4/h1-12H;3H,2H2,1H3. The van der Waals surface area contributed by atoms with Gasteiger partial charge in [0.25, 0.3) is 0 Å². The van der Waals surface area contributed by atoms with Crippen LogP contribution in [0.15, 0.2) is 72.8 Å². The zero-order valence-corrected chi connectivity index (χ0v) is 12.6. The third kappa shape index (κ3) is 2.84. The summed E-state index contributed by atoms with van der Waals surface area (Å²) in [4.78, 5) is 9.17. The SMILES string of the molecule is CCC=O.c1ccc2cc3cc4ccccc4cc3cc2c1. The molecular weight excluding hydrogens is 268 g/mol. The number of aldehydes is 1. The third-order valence-electron chi connectivity index (χ3n) is 3.74. The van der Waals surface area contributed by atoms with E-state index in [2.05, 4.69) is 72.8 Å². The van der Waals surface area contributed by atoms with Gasteiger partial charge in [-0.2, -0.15) is 0 Å². The summed E-state index contributed by atoms with van der Waals surface area (Å²) in [7, 11) is 0. The molecule has 4 aromatic carbocycles. The fraction of sp³-hybridized carbons (Fsp3) is 0.0952. The van der Waals surface area contributed by atoms with Crippen LogP contribution in [0.5, 0.6) is 0 Å². The highest BCUT2D eigenvalue weighted by atomic mass is 16.1. The Kier molecular flexibility index (Phi) is 4.15. The van der Waals surface area contributed by atoms with Crippen molar-refractivity contribution in [1.82, 2.24) is 0 Å². The topological polar surface area (TPSA) is 17.1 Å². The van der Waals surface area contributed by atoms with Gasteiger partial charge in [-0.05, 0) is 56.6 Å². The smallest absolute Gasteiger partial charge is 0.119 e. The summed E-state index contributed by atoms with van der Waals surface area (Å²) in [6.07, 6.45) is 1.51. The molecule has 0 heterocycles. The molecule has 0 spiro atoms. The van der Waals surface area contributed by atoms with E-state index in [0.29, 0.717) is 6.42 Å². The Morgan fingerprint density at radius 1 is 0.636 bits per heavy atom. The van der Waals surface area contributed by atoms with Gasteiger partial charge < -0.3 is 4.79 Å². The van der Waals surface area contributed by atoms with Gasteiger partial charge in [-0.3, -0.25) is 0 Å². The lowest BCUT2D eigenvalue weighted by Gasteiger charge is -2.04. The van der Waals surface area contributed by atoms with E-state index in [9.17, 15) is 4.79 Å². The van der Waals surface area contributed by atoms with Crippen LogP contribution in [0.2, 0.25) is 0 Å². The van der Waals surface area contributed by atoms with Crippen molar-refractivity contribution >= 4 is 38.6 Å². The number of benzene rings is 4. The van der Waals surface area contributed by atoms with Crippen molar-refractivity contribution in [3.8, 4) is 0 Å². The first-order chi connectivity index (χ1) is 10.8. The van der Waals surface area contributed by atoms with Crippen molar-refractivity contribution in [2.75, 3.05) is 0 Å². The van der Waals surface area contributed by atoms with Gasteiger partial charge in [-0.25, -0.2) is 0 Å². The van der Waals surface area contributed by atoms with Crippen molar-refractivity contribution in [1.29, 1.82) is 0 Å². The number of fused-ring (bicyclic) bond motifs is 3. The second kappa shape index (κ2) is 6.40. The van der Waals surface area contributed by atoms with E-state index in [-0.39, 0.29) is 0 Å². The van der Waals surface area contributed by atoms with Crippen molar-refractivity contribution in [3.63, 3.8) is 0 Å². The minimum Gasteiger partial charge on any atom is -0.303 e. The summed E-state index contributed by atoms with van der Waals surface area (Å²) in [5.74, 6) is 0. The van der Waals surface area contributed by atoms with Crippen molar-refractivity contribution in [2.24, 2.45) is 0 Å². The molecule has 0 fully saturated rings. The van der Waals surface area contributed by atoms with Gasteiger partial charge in [0.15, 0.2) is 0 Å². The molecule has 0 N–H and O–H groups in total. The van der Waals surface area contributed by atoms with E-state index in [1.54, 1.807) is 0 Å². The first-order valence-electron chi connectivity index (χ1n) is 7.57. The summed E-state index contributed by atoms with van der Waals surface area (Å²) in [5.41, 5.74) is 0. The number of hydrogen-bond donors (Lipinski definition) is 0. The molecule has 22 heavy (non-hydrogen) atoms. The number of carbonyl (C=O) groups is 1. The van der Waals surface area contributed by atoms with Crippen LogP contribution in [0.1, 0.15) is 13.3 Å². The Labute approximate surface area is 130 Å². The predicted octanol–water partition coefficient (Wildman–Crippen LogP) is 5.74. The molecule has 1 heteroatoms. The van der Waals surface area contributed by atoms with Crippen LogP contribution in [-0.2, 0) is 4.79 Å². The van der Waals surface area contributed by atoms with Crippen LogP contribution in [0.25, 0.3) is 32.3 Å². The Morgan fingerprint density at radius 3 is 1.14 bits per heavy atom. The van der Waals surface area contributed by atoms with Crippen LogP contribution < -0.4 is 0 Å². The number of carbonyl (C=O) groups excluding carboxylic acids is 1. The summed E-state index contributed by atoms with van der Waals surface area (Å²) in [5, 5.41) is 7.85. The molecule has 0 amide bonds. The van der Waals surface area contributed by atoms with Gasteiger partial charge in [0, 0.05) is 6.42 Å². The fourth-order valence-electron chi connectivity index (χ4n) is 2.63. The van der Waals surface area contributed by atoms with Crippen molar-refractivity contribution in [3.05, 3.63) is 72.8 Å². The third-order valence-corrected chi connectivity index (χ3v) is 3.74. The molecule has 1 nitrogen and oxygen atoms in total. The minimum atomic E-state index is 0.639. The van der Waals surface area contributed by atoms with Crippen molar-refractivity contribution < 1.29 is 4.79 Å². The fourth-order valence-corrected chi connectivity index (χ4v) is 2.63. The van der Waals surface area contributed by atoms with E-state index >= 15 is 0 Å². The lowest BCUT2D eigenvalue weighted by molar-refractivity contribution is -0.107. The van der Waals surface area contributed by atoms with E-state index in [4.69, 9.17) is 0 Å². The molecule has 0 saturated carbocycles. The zero-order chi connectivity index (χ0) is 15.4. The normalized spacial score (nSPS) is 10.4. The van der Waals surface area contributed by atoms with E-state index in [1.807, 2.05) is 6.92 Å². The second-order valence-electron chi connectivity index (χ2n) is 5.32. The highest BCUT2D eigenvalue weighted by Crippen LogP contribution is 2.27. The summed E-state index contributed by atoms with van der Waals surface area (Å²) in [6.45, 7) is 1.81. The molecule has 0 saturated heterocycles. The van der Waals surface area contributed by atoms with Gasteiger partial charge in [0.1, 0.15) is 6.29 Å². The number of hydrogen-bond acceptors (Lipinski definition) is 1. The molecule has 4 rings (SSSR count). The molecule has 108 valence electrons. The maximum atomic E-state index is 9.17. The Morgan fingerprint density at radius 2 is 0.909 bits per heavy atom. The van der Waals surface area contributed by atoms with Crippen LogP contribution in [0.3, 0.4) is 0 Å². The summed E-state index contributed by atoms with van der Waals surface area (Å²) in [6, 6.07) is 26.2. The monoisotopic (exact) mass is 286 g/mol. The Bertz CT molecular complexity index is 794. The quantitative estimate of drug-likeness (QED) is 0.322. The number of rotatable bonds is 1. The molecule has 0 unspecified atom stereocenters. The molecule has 0 aliphatic rings. The van der Waals surface area contributed by atoms with Gasteiger partial charge in [-0.1, -0.05) is 55.5 Å². The Balaban J connectivity index is 0.000000325. The maximum Gasteiger partial charge on any atom is 0.119 e. The van der Waals surface area contributed by atoms with Crippen LogP contribution in [0.4, 0.5) is 0 Å². The molecule has 0 aliphatic carbocycles. The second-order valence-corrected chi connectivity index (χ2v) is 5.32. The zero-order valence-electron chi connectivity index (χ0n) is 12.6. The average molecular weight is 286 g/mol. The molecule has 0 aliphatic heterocycles. The van der Waals surface area contributed by atoms with Crippen LogP contribution in [-0.4, -0.2) is 6.29 Å². The van der Waals surface area contributed by atoms with Crippen LogP contribution in [0, 0.1) is 0 Å². The first-order valence-corrected chi connectivity index (χ1v) is 7.57. The lowest BCUT2D eigenvalue weighted by Crippen LogP contribution is -1.78. The maximum absolute atomic E-state index is 9.17. The molecule has 0 aromatic heterocycles. The van der Waals surface area contributed by atoms with E-state index < -0.39 is 0 Å². The molecule has 4 aromatic rings. The highest BCUT2D eigenvalue weighted by Gasteiger charge is 2.00. The average Bonchev–Trinajstić information content (AvgIpc) is 2.58. The van der Waals surface area contributed by atoms with Gasteiger partial charge in [0.2, 0.25) is 0 Å². The van der Waals surface area contributed by atoms with E-state index in [0.717, 1.165) is 6.29 Å². The van der Waals surface area contributed by atoms with E-state index in [1.165, 1.54) is 32.3 Å². The first kappa shape index (κ1) is 14.3. The van der Waals surface area contributed by atoms with Gasteiger partial charge in [-0.15, -0.1) is 0 Å².